The fourth-order valence-electron chi connectivity index (χ4n) is 1.47. The lowest BCUT2D eigenvalue weighted by Gasteiger charge is -2.17. The molecule has 0 fully saturated rings. The summed E-state index contributed by atoms with van der Waals surface area (Å²) < 4.78 is 5.73. The Kier molecular flexibility index (Phi) is 5.64. The Morgan fingerprint density at radius 2 is 2.15 bits per heavy atom. The first kappa shape index (κ1) is 10.6. The van der Waals surface area contributed by atoms with Gasteiger partial charge in [-0.05, 0) is 26.3 Å². The van der Waals surface area contributed by atoms with Gasteiger partial charge in [0.05, 0.1) is 12.7 Å². The summed E-state index contributed by atoms with van der Waals surface area (Å²) in [7, 11) is 1.95. The maximum Gasteiger partial charge on any atom is 0.0594 e. The van der Waals surface area contributed by atoms with Gasteiger partial charge in [-0.3, -0.25) is 0 Å². The lowest BCUT2D eigenvalue weighted by atomic mass is 10.0. The van der Waals surface area contributed by atoms with Crippen molar-refractivity contribution in [3.63, 3.8) is 0 Å². The van der Waals surface area contributed by atoms with E-state index in [1.54, 1.807) is 0 Å². The largest absolute Gasteiger partial charge is 0.377 e. The van der Waals surface area contributed by atoms with Crippen molar-refractivity contribution in [1.82, 2.24) is 5.32 Å². The second-order valence-electron chi connectivity index (χ2n) is 3.38. The third kappa shape index (κ3) is 4.92. The van der Waals surface area contributed by atoms with E-state index in [2.05, 4.69) is 17.2 Å². The molecule has 0 aromatic carbocycles. The normalized spacial score (nSPS) is 22.7. The average Bonchev–Trinajstić information content (AvgIpc) is 2.08. The zero-order valence-corrected chi connectivity index (χ0v) is 8.44. The molecule has 74 valence electrons. The molecule has 1 atom stereocenters. The standard InChI is InChI=1S/C11H19NO/c1-12-9-10-13-11-7-5-3-2-4-6-8-11/h11-12H,3,5-10H2,1H3. The minimum absolute atomic E-state index is 0.447. The molecule has 1 N–H and O–H groups in total. The van der Waals surface area contributed by atoms with Gasteiger partial charge in [0, 0.05) is 19.4 Å². The predicted octanol–water partition coefficient (Wildman–Crippen LogP) is 1.56. The van der Waals surface area contributed by atoms with Gasteiger partial charge in [0.2, 0.25) is 0 Å². The summed E-state index contributed by atoms with van der Waals surface area (Å²) in [5.41, 5.74) is 0. The molecule has 1 rings (SSSR count). The SMILES string of the molecule is CNCCOC1CCC#CCCC1. The van der Waals surface area contributed by atoms with Gasteiger partial charge < -0.3 is 10.1 Å². The van der Waals surface area contributed by atoms with E-state index < -0.39 is 0 Å². The first-order valence-corrected chi connectivity index (χ1v) is 5.15. The van der Waals surface area contributed by atoms with Crippen LogP contribution in [0.3, 0.4) is 0 Å². The Bertz CT molecular complexity index is 180. The molecule has 0 spiro atoms. The molecule has 1 aliphatic rings. The Hall–Kier alpha value is -0.520. The lowest BCUT2D eigenvalue weighted by Crippen LogP contribution is -2.20. The summed E-state index contributed by atoms with van der Waals surface area (Å²) >= 11 is 0. The quantitative estimate of drug-likeness (QED) is 0.525. The minimum atomic E-state index is 0.447. The molecule has 2 heteroatoms. The van der Waals surface area contributed by atoms with E-state index in [0.29, 0.717) is 6.10 Å². The van der Waals surface area contributed by atoms with E-state index >= 15 is 0 Å². The highest BCUT2D eigenvalue weighted by Crippen LogP contribution is 2.12. The number of nitrogens with one attached hydrogen (secondary N) is 1. The highest BCUT2D eigenvalue weighted by molar-refractivity contribution is 5.00. The molecular formula is C11H19NO. The minimum Gasteiger partial charge on any atom is -0.377 e. The summed E-state index contributed by atoms with van der Waals surface area (Å²) in [5.74, 6) is 6.32. The Morgan fingerprint density at radius 1 is 1.31 bits per heavy atom. The van der Waals surface area contributed by atoms with E-state index in [9.17, 15) is 0 Å². The molecule has 13 heavy (non-hydrogen) atoms. The molecule has 0 amide bonds. The zero-order chi connectivity index (χ0) is 9.36. The summed E-state index contributed by atoms with van der Waals surface area (Å²) in [6, 6.07) is 0. The molecule has 0 saturated heterocycles. The van der Waals surface area contributed by atoms with Gasteiger partial charge in [0.15, 0.2) is 0 Å². The van der Waals surface area contributed by atoms with Crippen molar-refractivity contribution in [2.24, 2.45) is 0 Å². The molecule has 1 aliphatic carbocycles. The van der Waals surface area contributed by atoms with Crippen molar-refractivity contribution < 1.29 is 4.74 Å². The average molecular weight is 181 g/mol. The number of hydrogen-bond donors (Lipinski definition) is 1. The molecule has 0 aromatic rings. The fourth-order valence-corrected chi connectivity index (χ4v) is 1.47. The number of hydrogen-bond acceptors (Lipinski definition) is 2. The van der Waals surface area contributed by atoms with Crippen LogP contribution in [-0.2, 0) is 4.74 Å². The van der Waals surface area contributed by atoms with Gasteiger partial charge in [0.25, 0.3) is 0 Å². The lowest BCUT2D eigenvalue weighted by molar-refractivity contribution is 0.0438. The van der Waals surface area contributed by atoms with Crippen LogP contribution in [0.2, 0.25) is 0 Å². The second kappa shape index (κ2) is 6.94. The van der Waals surface area contributed by atoms with Crippen molar-refractivity contribution in [3.05, 3.63) is 0 Å². The van der Waals surface area contributed by atoms with Crippen molar-refractivity contribution in [1.29, 1.82) is 0 Å². The summed E-state index contributed by atoms with van der Waals surface area (Å²) in [6.07, 6.45) is 5.98. The van der Waals surface area contributed by atoms with Crippen LogP contribution in [0.4, 0.5) is 0 Å². The van der Waals surface area contributed by atoms with Crippen LogP contribution in [-0.4, -0.2) is 26.3 Å². The van der Waals surface area contributed by atoms with Gasteiger partial charge >= 0.3 is 0 Å². The van der Waals surface area contributed by atoms with E-state index in [0.717, 1.165) is 32.4 Å². The molecule has 0 bridgehead atoms. The topological polar surface area (TPSA) is 21.3 Å². The van der Waals surface area contributed by atoms with E-state index in [4.69, 9.17) is 4.74 Å². The third-order valence-corrected chi connectivity index (χ3v) is 2.25. The van der Waals surface area contributed by atoms with Crippen molar-refractivity contribution in [2.75, 3.05) is 20.2 Å². The molecular weight excluding hydrogens is 162 g/mol. The number of likely N-dealkylation sites (N-methyl/N-ethyl adjacent to an activating group) is 1. The Balaban J connectivity index is 2.14. The number of ether oxygens (including phenoxy) is 1. The molecule has 0 radical (unpaired) electrons. The van der Waals surface area contributed by atoms with Crippen molar-refractivity contribution in [2.45, 2.75) is 38.2 Å². The summed E-state index contributed by atoms with van der Waals surface area (Å²) in [5, 5.41) is 3.08. The van der Waals surface area contributed by atoms with E-state index in [1.807, 2.05) is 7.05 Å². The van der Waals surface area contributed by atoms with Crippen LogP contribution in [0.5, 0.6) is 0 Å². The first-order chi connectivity index (χ1) is 6.43. The molecule has 2 nitrogen and oxygen atoms in total. The van der Waals surface area contributed by atoms with Gasteiger partial charge in [-0.15, -0.1) is 11.8 Å². The van der Waals surface area contributed by atoms with E-state index in [1.165, 1.54) is 12.8 Å². The summed E-state index contributed by atoms with van der Waals surface area (Å²) in [4.78, 5) is 0. The first-order valence-electron chi connectivity index (χ1n) is 5.15. The molecule has 0 saturated carbocycles. The molecule has 0 aromatic heterocycles. The van der Waals surface area contributed by atoms with Crippen LogP contribution in [0, 0.1) is 11.8 Å². The van der Waals surface area contributed by atoms with Crippen LogP contribution >= 0.6 is 0 Å². The third-order valence-electron chi connectivity index (χ3n) is 2.25. The number of rotatable bonds is 4. The Morgan fingerprint density at radius 3 is 3.00 bits per heavy atom. The van der Waals surface area contributed by atoms with Gasteiger partial charge in [-0.1, -0.05) is 0 Å². The predicted molar refractivity (Wildman–Crippen MR) is 54.5 cm³/mol. The highest BCUT2D eigenvalue weighted by Gasteiger charge is 2.08. The van der Waals surface area contributed by atoms with Crippen LogP contribution < -0.4 is 5.32 Å². The van der Waals surface area contributed by atoms with Crippen LogP contribution in [0.1, 0.15) is 32.1 Å². The van der Waals surface area contributed by atoms with Gasteiger partial charge in [0.1, 0.15) is 0 Å². The smallest absolute Gasteiger partial charge is 0.0594 e. The highest BCUT2D eigenvalue weighted by atomic mass is 16.5. The maximum absolute atomic E-state index is 5.73. The molecule has 1 unspecified atom stereocenters. The van der Waals surface area contributed by atoms with Crippen molar-refractivity contribution >= 4 is 0 Å². The molecule has 0 aliphatic heterocycles. The van der Waals surface area contributed by atoms with Crippen molar-refractivity contribution in [3.8, 4) is 11.8 Å². The monoisotopic (exact) mass is 181 g/mol. The van der Waals surface area contributed by atoms with E-state index in [-0.39, 0.29) is 0 Å². The van der Waals surface area contributed by atoms with Crippen LogP contribution in [0.15, 0.2) is 0 Å². The van der Waals surface area contributed by atoms with Gasteiger partial charge in [-0.25, -0.2) is 0 Å². The van der Waals surface area contributed by atoms with Gasteiger partial charge in [-0.2, -0.15) is 0 Å². The maximum atomic E-state index is 5.73. The molecule has 0 heterocycles. The zero-order valence-electron chi connectivity index (χ0n) is 8.44. The Labute approximate surface area is 81.0 Å². The summed E-state index contributed by atoms with van der Waals surface area (Å²) in [6.45, 7) is 1.77. The van der Waals surface area contributed by atoms with Crippen LogP contribution in [0.25, 0.3) is 0 Å². The fraction of sp³-hybridized carbons (Fsp3) is 0.818. The second-order valence-corrected chi connectivity index (χ2v) is 3.38.